The van der Waals surface area contributed by atoms with Crippen molar-refractivity contribution >= 4 is 49.2 Å². The summed E-state index contributed by atoms with van der Waals surface area (Å²) in [6.45, 7) is 16.5. The van der Waals surface area contributed by atoms with Crippen LogP contribution < -0.4 is 14.4 Å². The first kappa shape index (κ1) is 29.2. The van der Waals surface area contributed by atoms with Crippen LogP contribution in [0.3, 0.4) is 0 Å². The predicted octanol–water partition coefficient (Wildman–Crippen LogP) is 8.67. The number of para-hydroxylation sites is 2. The van der Waals surface area contributed by atoms with Gasteiger partial charge in [0.1, 0.15) is 0 Å². The van der Waals surface area contributed by atoms with Gasteiger partial charge >= 0.3 is 205 Å². The van der Waals surface area contributed by atoms with Crippen molar-refractivity contribution < 1.29 is 19.1 Å². The molecule has 6 heteroatoms. The number of fused-ring (bicyclic) bond motifs is 3. The summed E-state index contributed by atoms with van der Waals surface area (Å²) in [5, 5.41) is 0. The van der Waals surface area contributed by atoms with Gasteiger partial charge in [0.15, 0.2) is 0 Å². The molecule has 0 bridgehead atoms. The van der Waals surface area contributed by atoms with Crippen molar-refractivity contribution in [2.75, 3.05) is 4.90 Å². The number of nitrogens with zero attached hydrogens (tertiary/aromatic N) is 1. The van der Waals surface area contributed by atoms with Crippen LogP contribution >= 0.6 is 0 Å². The Bertz CT molecular complexity index is 1730. The standard InChI is InChI=1S/C37H37NO4Se/c1-35(2,3)41-31-19-30(38-28-15-11-9-13-26(28)37(7,8)27-14-10-12-16-29(27)38)32(42-36(4,5)6)18-22(31)17-23-33(39)24-20-43-21-25(24)34(23)40/h9-21H,1-8H3. The Morgan fingerprint density at radius 1 is 0.698 bits per heavy atom. The maximum atomic E-state index is 13.3. The Hall–Kier alpha value is -3.86. The van der Waals surface area contributed by atoms with Crippen LogP contribution in [0.4, 0.5) is 17.1 Å². The van der Waals surface area contributed by atoms with E-state index in [0.29, 0.717) is 28.2 Å². The second-order valence-electron chi connectivity index (χ2n) is 13.7. The van der Waals surface area contributed by atoms with Crippen molar-refractivity contribution in [3.8, 4) is 11.5 Å². The summed E-state index contributed by atoms with van der Waals surface area (Å²) in [5.74, 6) is 0.757. The van der Waals surface area contributed by atoms with Gasteiger partial charge in [-0.15, -0.1) is 0 Å². The van der Waals surface area contributed by atoms with Crippen LogP contribution in [-0.4, -0.2) is 37.3 Å². The molecule has 43 heavy (non-hydrogen) atoms. The molecule has 0 saturated carbocycles. The zero-order chi connectivity index (χ0) is 30.9. The summed E-state index contributed by atoms with van der Waals surface area (Å²) in [4.78, 5) is 32.6. The van der Waals surface area contributed by atoms with Gasteiger partial charge in [-0.3, -0.25) is 0 Å². The van der Waals surface area contributed by atoms with Gasteiger partial charge in [0.25, 0.3) is 0 Å². The van der Waals surface area contributed by atoms with Crippen molar-refractivity contribution in [3.05, 3.63) is 104 Å². The summed E-state index contributed by atoms with van der Waals surface area (Å²) in [5.41, 5.74) is 5.93. The Morgan fingerprint density at radius 3 is 1.70 bits per heavy atom. The average Bonchev–Trinajstić information content (AvgIpc) is 3.49. The molecule has 0 radical (unpaired) electrons. The number of ether oxygens (including phenoxy) is 2. The summed E-state index contributed by atoms with van der Waals surface area (Å²) >= 11 is 0.0486. The summed E-state index contributed by atoms with van der Waals surface area (Å²) in [6.07, 6.45) is 1.68. The first-order valence-corrected chi connectivity index (χ1v) is 16.6. The second-order valence-corrected chi connectivity index (χ2v) is 15.3. The van der Waals surface area contributed by atoms with Gasteiger partial charge in [-0.05, 0) is 0 Å². The number of benzene rings is 3. The number of rotatable bonds is 4. The molecule has 220 valence electrons. The zero-order valence-electron chi connectivity index (χ0n) is 26.0. The first-order chi connectivity index (χ1) is 20.2. The van der Waals surface area contributed by atoms with Crippen molar-refractivity contribution in [2.24, 2.45) is 0 Å². The molecule has 0 saturated heterocycles. The van der Waals surface area contributed by atoms with Gasteiger partial charge in [-0.25, -0.2) is 0 Å². The monoisotopic (exact) mass is 639 g/mol. The van der Waals surface area contributed by atoms with E-state index >= 15 is 0 Å². The van der Waals surface area contributed by atoms with Crippen molar-refractivity contribution in [1.29, 1.82) is 0 Å². The molecule has 0 spiro atoms. The molecule has 1 aliphatic carbocycles. The van der Waals surface area contributed by atoms with Gasteiger partial charge in [-0.2, -0.15) is 0 Å². The van der Waals surface area contributed by atoms with E-state index < -0.39 is 11.2 Å². The number of Topliss-reactive ketones (excluding diaryl/α,β-unsaturated/α-hetero) is 2. The van der Waals surface area contributed by atoms with E-state index in [0.717, 1.165) is 17.1 Å². The first-order valence-electron chi connectivity index (χ1n) is 14.6. The molecule has 1 aromatic heterocycles. The number of anilines is 3. The molecule has 2 heterocycles. The number of hydrogen-bond donors (Lipinski definition) is 0. The fraction of sp³-hybridized carbons (Fsp3) is 0.297. The maximum absolute atomic E-state index is 13.3. The van der Waals surface area contributed by atoms with E-state index in [-0.39, 0.29) is 37.1 Å². The molecule has 2 aliphatic rings. The van der Waals surface area contributed by atoms with Crippen LogP contribution in [0, 0.1) is 0 Å². The SMILES string of the molecule is CC(C)(C)Oc1cc(N2c3ccccc3C(C)(C)c3ccccc32)c(OC(C)(C)C)cc1C=C1C(=O)c2c[se]cc2C1=O. The van der Waals surface area contributed by atoms with E-state index in [2.05, 4.69) is 67.3 Å². The molecule has 0 fully saturated rings. The third-order valence-electron chi connectivity index (χ3n) is 7.74. The molecule has 4 aromatic rings. The Labute approximate surface area is 259 Å². The van der Waals surface area contributed by atoms with Crippen molar-refractivity contribution in [2.45, 2.75) is 72.0 Å². The number of carbonyl (C=O) groups excluding carboxylic acids is 2. The normalized spacial score (nSPS) is 15.6. The molecule has 3 aromatic carbocycles. The quantitative estimate of drug-likeness (QED) is 0.127. The van der Waals surface area contributed by atoms with E-state index in [4.69, 9.17) is 9.47 Å². The van der Waals surface area contributed by atoms with E-state index in [1.54, 1.807) is 6.08 Å². The Kier molecular flexibility index (Phi) is 6.87. The molecule has 5 nitrogen and oxygen atoms in total. The van der Waals surface area contributed by atoms with Gasteiger partial charge in [0, 0.05) is 5.41 Å². The fourth-order valence-electron chi connectivity index (χ4n) is 5.94. The van der Waals surface area contributed by atoms with Crippen LogP contribution in [0.2, 0.25) is 0 Å². The molecule has 0 N–H and O–H groups in total. The zero-order valence-corrected chi connectivity index (χ0v) is 27.7. The molecule has 0 atom stereocenters. The summed E-state index contributed by atoms with van der Waals surface area (Å²) < 4.78 is 13.2. The van der Waals surface area contributed by atoms with Crippen LogP contribution in [0.15, 0.2) is 76.1 Å². The van der Waals surface area contributed by atoms with Crippen LogP contribution in [0.25, 0.3) is 6.08 Å². The number of hydrogen-bond acceptors (Lipinski definition) is 5. The Balaban J connectivity index is 1.63. The van der Waals surface area contributed by atoms with Gasteiger partial charge in [-0.1, -0.05) is 50.2 Å². The van der Waals surface area contributed by atoms with E-state index in [1.165, 1.54) is 11.1 Å². The average molecular weight is 639 g/mol. The van der Waals surface area contributed by atoms with Gasteiger partial charge in [0.2, 0.25) is 0 Å². The van der Waals surface area contributed by atoms with Crippen LogP contribution in [0.1, 0.15) is 92.8 Å². The predicted molar refractivity (Wildman–Crippen MR) is 174 cm³/mol. The molecule has 1 aliphatic heterocycles. The second kappa shape index (κ2) is 10.1. The third kappa shape index (κ3) is 5.17. The van der Waals surface area contributed by atoms with E-state index in [1.807, 2.05) is 63.6 Å². The number of carbonyl (C=O) groups is 2. The number of ketones is 2. The van der Waals surface area contributed by atoms with Crippen LogP contribution in [0.5, 0.6) is 11.5 Å². The van der Waals surface area contributed by atoms with Gasteiger partial charge < -0.3 is 0 Å². The minimum atomic E-state index is -0.537. The molecular weight excluding hydrogens is 601 g/mol. The van der Waals surface area contributed by atoms with Crippen molar-refractivity contribution in [3.63, 3.8) is 0 Å². The van der Waals surface area contributed by atoms with Crippen LogP contribution in [-0.2, 0) is 5.41 Å². The minimum absolute atomic E-state index is 0.0486. The fourth-order valence-corrected chi connectivity index (χ4v) is 7.64. The summed E-state index contributed by atoms with van der Waals surface area (Å²) in [6, 6.07) is 20.9. The number of allylic oxidation sites excluding steroid dienone is 1. The Morgan fingerprint density at radius 2 is 1.19 bits per heavy atom. The molecule has 0 amide bonds. The summed E-state index contributed by atoms with van der Waals surface area (Å²) in [7, 11) is 0. The van der Waals surface area contributed by atoms with Gasteiger partial charge in [0.05, 0.1) is 0 Å². The van der Waals surface area contributed by atoms with Crippen molar-refractivity contribution in [1.82, 2.24) is 0 Å². The third-order valence-corrected chi connectivity index (χ3v) is 9.30. The molecule has 0 unspecified atom stereocenters. The molecular formula is C37H37NO4Se. The molecule has 6 rings (SSSR count). The topological polar surface area (TPSA) is 55.8 Å². The van der Waals surface area contributed by atoms with E-state index in [9.17, 15) is 9.59 Å².